The van der Waals surface area contributed by atoms with Crippen LogP contribution in [0.15, 0.2) is 0 Å². The van der Waals surface area contributed by atoms with E-state index in [-0.39, 0.29) is 5.91 Å². The molecule has 0 radical (unpaired) electrons. The van der Waals surface area contributed by atoms with Crippen LogP contribution in [0.4, 0.5) is 4.79 Å². The van der Waals surface area contributed by atoms with E-state index in [0.29, 0.717) is 25.9 Å². The zero-order valence-electron chi connectivity index (χ0n) is 14.3. The van der Waals surface area contributed by atoms with Crippen LogP contribution < -0.4 is 0 Å². The summed E-state index contributed by atoms with van der Waals surface area (Å²) >= 11 is 0. The Kier molecular flexibility index (Phi) is 5.16. The van der Waals surface area contributed by atoms with E-state index in [9.17, 15) is 14.4 Å². The molecule has 0 aromatic heterocycles. The van der Waals surface area contributed by atoms with E-state index >= 15 is 0 Å². The van der Waals surface area contributed by atoms with Gasteiger partial charge in [-0.25, -0.2) is 9.59 Å². The lowest BCUT2D eigenvalue weighted by molar-refractivity contribution is -0.152. The second-order valence-corrected chi connectivity index (χ2v) is 7.04. The number of methoxy groups -OCH3 is 1. The molecule has 2 atom stereocenters. The Balaban J connectivity index is 2.08. The highest BCUT2D eigenvalue weighted by molar-refractivity contribution is 5.90. The summed E-state index contributed by atoms with van der Waals surface area (Å²) in [5.41, 5.74) is -0.602. The predicted octanol–water partition coefficient (Wildman–Crippen LogP) is 1.55. The van der Waals surface area contributed by atoms with Crippen LogP contribution in [0.2, 0.25) is 0 Å². The Bertz CT molecular complexity index is 485. The van der Waals surface area contributed by atoms with Crippen molar-refractivity contribution < 1.29 is 23.9 Å². The molecule has 0 aromatic rings. The second-order valence-electron chi connectivity index (χ2n) is 7.04. The van der Waals surface area contributed by atoms with Gasteiger partial charge in [0.25, 0.3) is 0 Å². The van der Waals surface area contributed by atoms with Gasteiger partial charge >= 0.3 is 12.1 Å². The highest BCUT2D eigenvalue weighted by atomic mass is 16.6. The first-order valence-corrected chi connectivity index (χ1v) is 8.12. The molecular weight excluding hydrogens is 300 g/mol. The Morgan fingerprint density at radius 1 is 0.957 bits per heavy atom. The van der Waals surface area contributed by atoms with Crippen molar-refractivity contribution in [3.8, 4) is 0 Å². The fourth-order valence-corrected chi connectivity index (χ4v) is 3.17. The van der Waals surface area contributed by atoms with Gasteiger partial charge in [0.1, 0.15) is 17.7 Å². The number of likely N-dealkylation sites (tertiary alicyclic amines) is 2. The largest absolute Gasteiger partial charge is 0.467 e. The monoisotopic (exact) mass is 326 g/mol. The fourth-order valence-electron chi connectivity index (χ4n) is 3.17. The van der Waals surface area contributed by atoms with Gasteiger partial charge in [-0.3, -0.25) is 9.69 Å². The van der Waals surface area contributed by atoms with Gasteiger partial charge in [-0.2, -0.15) is 0 Å². The zero-order valence-corrected chi connectivity index (χ0v) is 14.3. The third-order valence-corrected chi connectivity index (χ3v) is 4.18. The van der Waals surface area contributed by atoms with Crippen molar-refractivity contribution in [3.63, 3.8) is 0 Å². The minimum Gasteiger partial charge on any atom is -0.467 e. The predicted molar refractivity (Wildman–Crippen MR) is 82.7 cm³/mol. The van der Waals surface area contributed by atoms with Crippen LogP contribution >= 0.6 is 0 Å². The number of amides is 2. The first-order valence-electron chi connectivity index (χ1n) is 8.12. The van der Waals surface area contributed by atoms with Crippen molar-refractivity contribution in [2.24, 2.45) is 0 Å². The highest BCUT2D eigenvalue weighted by Crippen LogP contribution is 2.26. The van der Waals surface area contributed by atoms with Crippen molar-refractivity contribution in [3.05, 3.63) is 0 Å². The summed E-state index contributed by atoms with van der Waals surface area (Å²) in [5.74, 6) is -0.570. The van der Waals surface area contributed by atoms with Gasteiger partial charge in [0, 0.05) is 13.1 Å². The first-order chi connectivity index (χ1) is 10.7. The molecule has 7 heteroatoms. The van der Waals surface area contributed by atoms with Crippen molar-refractivity contribution in [1.82, 2.24) is 9.80 Å². The van der Waals surface area contributed by atoms with Crippen LogP contribution in [0.3, 0.4) is 0 Å². The number of hydrogen-bond acceptors (Lipinski definition) is 5. The minimum atomic E-state index is -0.602. The quantitative estimate of drug-likeness (QED) is 0.720. The fraction of sp³-hybridized carbons (Fsp3) is 0.812. The number of esters is 1. The van der Waals surface area contributed by atoms with Crippen LogP contribution in [0, 0.1) is 0 Å². The summed E-state index contributed by atoms with van der Waals surface area (Å²) in [7, 11) is 1.33. The summed E-state index contributed by atoms with van der Waals surface area (Å²) in [6.07, 6.45) is 2.26. The average Bonchev–Trinajstić information content (AvgIpc) is 3.12. The van der Waals surface area contributed by atoms with Crippen molar-refractivity contribution in [1.29, 1.82) is 0 Å². The smallest absolute Gasteiger partial charge is 0.410 e. The van der Waals surface area contributed by atoms with Gasteiger partial charge in [0.2, 0.25) is 5.91 Å². The number of carbonyl (C=O) groups excluding carboxylic acids is 3. The second kappa shape index (κ2) is 6.76. The molecule has 2 aliphatic rings. The van der Waals surface area contributed by atoms with Crippen LogP contribution in [0.25, 0.3) is 0 Å². The SMILES string of the molecule is COC(=O)[C@@H]1CCCN1C(=O)[C@H]1CCCN1C(=O)OC(C)(C)C. The maximum Gasteiger partial charge on any atom is 0.410 e. The number of ether oxygens (including phenoxy) is 2. The topological polar surface area (TPSA) is 76.2 Å². The summed E-state index contributed by atoms with van der Waals surface area (Å²) < 4.78 is 10.2. The molecule has 0 bridgehead atoms. The van der Waals surface area contributed by atoms with Crippen LogP contribution in [-0.4, -0.2) is 65.7 Å². The lowest BCUT2D eigenvalue weighted by atomic mass is 10.1. The van der Waals surface area contributed by atoms with E-state index in [0.717, 1.165) is 12.8 Å². The maximum atomic E-state index is 12.8. The molecule has 2 amide bonds. The number of carbonyl (C=O) groups is 3. The lowest BCUT2D eigenvalue weighted by Gasteiger charge is -2.31. The van der Waals surface area contributed by atoms with Gasteiger partial charge in [-0.15, -0.1) is 0 Å². The third kappa shape index (κ3) is 3.95. The number of hydrogen-bond donors (Lipinski definition) is 0. The van der Waals surface area contributed by atoms with Gasteiger partial charge in [-0.1, -0.05) is 0 Å². The normalized spacial score (nSPS) is 24.7. The van der Waals surface area contributed by atoms with Gasteiger partial charge in [0.05, 0.1) is 7.11 Å². The minimum absolute atomic E-state index is 0.179. The average molecular weight is 326 g/mol. The standard InChI is InChI=1S/C16H26N2O5/c1-16(2,3)23-15(21)18-10-5-7-11(18)13(19)17-9-6-8-12(17)14(20)22-4/h11-12H,5-10H2,1-4H3/t11-,12+/m1/s1. The Labute approximate surface area is 136 Å². The zero-order chi connectivity index (χ0) is 17.2. The molecule has 0 saturated carbocycles. The van der Waals surface area contributed by atoms with Crippen molar-refractivity contribution in [2.45, 2.75) is 64.1 Å². The molecule has 2 fully saturated rings. The molecule has 7 nitrogen and oxygen atoms in total. The maximum absolute atomic E-state index is 12.8. The number of nitrogens with zero attached hydrogens (tertiary/aromatic N) is 2. The Morgan fingerprint density at radius 3 is 2.09 bits per heavy atom. The summed E-state index contributed by atoms with van der Waals surface area (Å²) in [6, 6.07) is -1.08. The third-order valence-electron chi connectivity index (χ3n) is 4.18. The molecular formula is C16H26N2O5. The van der Waals surface area contributed by atoms with E-state index in [4.69, 9.17) is 9.47 Å². The van der Waals surface area contributed by atoms with E-state index in [1.165, 1.54) is 12.0 Å². The van der Waals surface area contributed by atoms with Gasteiger partial charge in [-0.05, 0) is 46.5 Å². The summed E-state index contributed by atoms with van der Waals surface area (Å²) in [6.45, 7) is 6.42. The molecule has 2 aliphatic heterocycles. The summed E-state index contributed by atoms with van der Waals surface area (Å²) in [5, 5.41) is 0. The first kappa shape index (κ1) is 17.6. The Morgan fingerprint density at radius 2 is 1.52 bits per heavy atom. The highest BCUT2D eigenvalue weighted by Gasteiger charge is 2.43. The van der Waals surface area contributed by atoms with Crippen molar-refractivity contribution in [2.75, 3.05) is 20.2 Å². The molecule has 2 rings (SSSR count). The van der Waals surface area contributed by atoms with Crippen LogP contribution in [-0.2, 0) is 19.1 Å². The Hall–Kier alpha value is -1.79. The molecule has 0 spiro atoms. The van der Waals surface area contributed by atoms with Crippen LogP contribution in [0.1, 0.15) is 46.5 Å². The molecule has 0 aromatic carbocycles. The number of rotatable bonds is 2. The lowest BCUT2D eigenvalue weighted by Crippen LogP contribution is -2.51. The molecule has 2 heterocycles. The van der Waals surface area contributed by atoms with Gasteiger partial charge < -0.3 is 14.4 Å². The summed E-state index contributed by atoms with van der Waals surface area (Å²) in [4.78, 5) is 40.0. The van der Waals surface area contributed by atoms with E-state index in [2.05, 4.69) is 0 Å². The molecule has 0 unspecified atom stereocenters. The van der Waals surface area contributed by atoms with Crippen LogP contribution in [0.5, 0.6) is 0 Å². The van der Waals surface area contributed by atoms with E-state index < -0.39 is 29.7 Å². The molecule has 0 aliphatic carbocycles. The molecule has 0 N–H and O–H groups in total. The molecule has 23 heavy (non-hydrogen) atoms. The van der Waals surface area contributed by atoms with Gasteiger partial charge in [0.15, 0.2) is 0 Å². The molecule has 130 valence electrons. The molecule has 2 saturated heterocycles. The van der Waals surface area contributed by atoms with Crippen molar-refractivity contribution >= 4 is 18.0 Å². The van der Waals surface area contributed by atoms with E-state index in [1.54, 1.807) is 25.7 Å². The van der Waals surface area contributed by atoms with E-state index in [1.807, 2.05) is 0 Å².